The Morgan fingerprint density at radius 3 is 2.90 bits per heavy atom. The molecule has 0 aromatic heterocycles. The number of benzene rings is 1. The van der Waals surface area contributed by atoms with Gasteiger partial charge in [0, 0.05) is 21.2 Å². The number of carbonyl (C=O) groups is 1. The van der Waals surface area contributed by atoms with Gasteiger partial charge in [-0.2, -0.15) is 0 Å². The van der Waals surface area contributed by atoms with E-state index in [1.165, 1.54) is 20.0 Å². The summed E-state index contributed by atoms with van der Waals surface area (Å²) in [6.07, 6.45) is 3.37. The van der Waals surface area contributed by atoms with E-state index in [4.69, 9.17) is 8.92 Å². The maximum atomic E-state index is 14.4. The van der Waals surface area contributed by atoms with Gasteiger partial charge >= 0.3 is 5.97 Å². The number of ether oxygens (including phenoxy) is 1. The molecule has 1 fully saturated rings. The van der Waals surface area contributed by atoms with Crippen molar-refractivity contribution in [2.75, 3.05) is 7.11 Å². The first-order valence-electron chi connectivity index (χ1n) is 6.46. The van der Waals surface area contributed by atoms with Crippen LogP contribution in [0, 0.1) is 11.7 Å². The number of rotatable bonds is 7. The predicted molar refractivity (Wildman–Crippen MR) is 85.4 cm³/mol. The third-order valence-electron chi connectivity index (χ3n) is 3.51. The fourth-order valence-electron chi connectivity index (χ4n) is 2.30. The van der Waals surface area contributed by atoms with Crippen molar-refractivity contribution in [1.82, 2.24) is 0 Å². The molecule has 3 nitrogen and oxygen atoms in total. The Hall–Kier alpha value is -0.500. The van der Waals surface area contributed by atoms with Crippen molar-refractivity contribution < 1.29 is 18.1 Å². The number of halogens is 2. The highest BCUT2D eigenvalue weighted by Crippen LogP contribution is 2.42. The lowest BCUT2D eigenvalue weighted by molar-refractivity contribution is -0.141. The van der Waals surface area contributed by atoms with E-state index in [1.807, 2.05) is 21.2 Å². The van der Waals surface area contributed by atoms with Gasteiger partial charge in [-0.15, -0.1) is 0 Å². The topological polar surface area (TPSA) is 35.5 Å². The van der Waals surface area contributed by atoms with Crippen LogP contribution < -0.4 is 4.18 Å². The lowest BCUT2D eigenvalue weighted by atomic mass is 9.90. The Bertz CT molecular complexity index is 479. The minimum absolute atomic E-state index is 0.141. The molecule has 0 aliphatic heterocycles. The van der Waals surface area contributed by atoms with Gasteiger partial charge in [-0.1, -0.05) is 25.0 Å². The summed E-state index contributed by atoms with van der Waals surface area (Å²) in [5, 5.41) is 0. The molecule has 0 amide bonds. The fourth-order valence-corrected chi connectivity index (χ4v) is 3.08. The van der Waals surface area contributed by atoms with Crippen LogP contribution in [0.15, 0.2) is 18.2 Å². The van der Waals surface area contributed by atoms with Gasteiger partial charge in [-0.25, -0.2) is 4.39 Å². The number of carbonyl (C=O) groups excluding carboxylic acids is 1. The zero-order valence-corrected chi connectivity index (χ0v) is 14.1. The van der Waals surface area contributed by atoms with E-state index in [2.05, 4.69) is 0 Å². The van der Waals surface area contributed by atoms with Gasteiger partial charge in [0.05, 0.1) is 13.5 Å². The molecule has 2 rings (SSSR count). The second-order valence-electron chi connectivity index (χ2n) is 4.96. The molecule has 1 aromatic rings. The Kier molecular flexibility index (Phi) is 5.95. The smallest absolute Gasteiger partial charge is 0.306 e. The quantitative estimate of drug-likeness (QED) is 0.373. The minimum Gasteiger partial charge on any atom is -0.469 e. The summed E-state index contributed by atoms with van der Waals surface area (Å²) in [6, 6.07) is 5.09. The molecule has 110 valence electrons. The summed E-state index contributed by atoms with van der Waals surface area (Å²) >= 11 is 1.95. The van der Waals surface area contributed by atoms with Crippen LogP contribution in [-0.2, 0) is 9.53 Å². The summed E-state index contributed by atoms with van der Waals surface area (Å²) in [7, 11) is 2.43. The maximum absolute atomic E-state index is 14.4. The Morgan fingerprint density at radius 1 is 1.55 bits per heavy atom. The summed E-state index contributed by atoms with van der Waals surface area (Å²) in [4.78, 5) is 11.5. The number of esters is 1. The molecule has 0 heterocycles. The van der Waals surface area contributed by atoms with Gasteiger partial charge in [0.25, 0.3) is 0 Å². The SMILES string of the molecule is COC(=O)CC(CC1CC1)c1cccc(OSI)c1F. The molecular formula is C14H16FIO3S. The highest BCUT2D eigenvalue weighted by Gasteiger charge is 2.30. The van der Waals surface area contributed by atoms with E-state index >= 15 is 0 Å². The van der Waals surface area contributed by atoms with Crippen LogP contribution in [0.4, 0.5) is 4.39 Å². The second kappa shape index (κ2) is 7.49. The van der Waals surface area contributed by atoms with Gasteiger partial charge < -0.3 is 8.92 Å². The Labute approximate surface area is 134 Å². The molecule has 0 bridgehead atoms. The summed E-state index contributed by atoms with van der Waals surface area (Å²) in [6.45, 7) is 0. The van der Waals surface area contributed by atoms with Crippen molar-refractivity contribution in [2.45, 2.75) is 31.6 Å². The maximum Gasteiger partial charge on any atom is 0.306 e. The first-order valence-corrected chi connectivity index (χ1v) is 9.74. The summed E-state index contributed by atoms with van der Waals surface area (Å²) < 4.78 is 24.4. The van der Waals surface area contributed by atoms with Crippen molar-refractivity contribution >= 4 is 36.4 Å². The average Bonchev–Trinajstić information content (AvgIpc) is 3.24. The molecule has 0 spiro atoms. The average molecular weight is 410 g/mol. The van der Waals surface area contributed by atoms with E-state index in [0.29, 0.717) is 11.5 Å². The predicted octanol–water partition coefficient (Wildman–Crippen LogP) is 4.65. The summed E-state index contributed by atoms with van der Waals surface area (Å²) in [5.41, 5.74) is 0.547. The van der Waals surface area contributed by atoms with E-state index in [1.54, 1.807) is 18.2 Å². The minimum atomic E-state index is -0.369. The first-order chi connectivity index (χ1) is 9.65. The molecule has 20 heavy (non-hydrogen) atoms. The van der Waals surface area contributed by atoms with Gasteiger partial charge in [-0.3, -0.25) is 4.79 Å². The van der Waals surface area contributed by atoms with Crippen molar-refractivity contribution in [3.8, 4) is 5.75 Å². The zero-order chi connectivity index (χ0) is 14.5. The van der Waals surface area contributed by atoms with Crippen LogP contribution in [0.1, 0.15) is 37.2 Å². The Balaban J connectivity index is 2.22. The van der Waals surface area contributed by atoms with Gasteiger partial charge in [0.2, 0.25) is 0 Å². The lowest BCUT2D eigenvalue weighted by Crippen LogP contribution is -2.11. The molecule has 1 aliphatic rings. The van der Waals surface area contributed by atoms with E-state index in [0.717, 1.165) is 15.6 Å². The first kappa shape index (κ1) is 15.9. The van der Waals surface area contributed by atoms with E-state index in [9.17, 15) is 9.18 Å². The Morgan fingerprint density at radius 2 is 2.30 bits per heavy atom. The second-order valence-corrected chi connectivity index (χ2v) is 6.33. The fraction of sp³-hybridized carbons (Fsp3) is 0.500. The van der Waals surface area contributed by atoms with Crippen molar-refractivity contribution in [1.29, 1.82) is 0 Å². The van der Waals surface area contributed by atoms with Crippen molar-refractivity contribution in [2.24, 2.45) is 5.92 Å². The standard InChI is InChI=1S/C14H16FIO3S/c1-18-13(17)8-10(7-9-5-6-9)11-3-2-4-12(14(11)15)19-20-16/h2-4,9-10H,5-8H2,1H3. The third-order valence-corrected chi connectivity index (χ3v) is 4.29. The van der Waals surface area contributed by atoms with Crippen molar-refractivity contribution in [3.63, 3.8) is 0 Å². The van der Waals surface area contributed by atoms with Crippen LogP contribution >= 0.6 is 30.4 Å². The number of hydrogen-bond donors (Lipinski definition) is 0. The van der Waals surface area contributed by atoms with Gasteiger partial charge in [-0.05, 0) is 29.9 Å². The molecule has 0 N–H and O–H groups in total. The molecule has 0 radical (unpaired) electrons. The molecule has 0 saturated heterocycles. The highest BCUT2D eigenvalue weighted by atomic mass is 127. The van der Waals surface area contributed by atoms with Crippen LogP contribution in [0.5, 0.6) is 5.75 Å². The van der Waals surface area contributed by atoms with Crippen LogP contribution in [0.3, 0.4) is 0 Å². The van der Waals surface area contributed by atoms with Gasteiger partial charge in [0.1, 0.15) is 9.21 Å². The normalized spacial score (nSPS) is 15.8. The lowest BCUT2D eigenvalue weighted by Gasteiger charge is -2.17. The molecule has 1 atom stereocenters. The molecular weight excluding hydrogens is 394 g/mol. The van der Waals surface area contributed by atoms with Crippen molar-refractivity contribution in [3.05, 3.63) is 29.6 Å². The van der Waals surface area contributed by atoms with Crippen LogP contribution in [0.25, 0.3) is 0 Å². The highest BCUT2D eigenvalue weighted by molar-refractivity contribution is 14.2. The molecule has 1 saturated carbocycles. The summed E-state index contributed by atoms with van der Waals surface area (Å²) in [5.74, 6) is 0.00807. The molecule has 1 aliphatic carbocycles. The zero-order valence-electron chi connectivity index (χ0n) is 11.1. The molecule has 1 unspecified atom stereocenters. The van der Waals surface area contributed by atoms with Gasteiger partial charge in [0.15, 0.2) is 11.6 Å². The van der Waals surface area contributed by atoms with Crippen LogP contribution in [0.2, 0.25) is 0 Å². The number of hydrogen-bond acceptors (Lipinski definition) is 4. The van der Waals surface area contributed by atoms with E-state index < -0.39 is 0 Å². The third kappa shape index (κ3) is 4.25. The molecule has 6 heteroatoms. The van der Waals surface area contributed by atoms with E-state index in [-0.39, 0.29) is 29.9 Å². The number of methoxy groups -OCH3 is 1. The monoisotopic (exact) mass is 410 g/mol. The molecule has 1 aromatic carbocycles. The largest absolute Gasteiger partial charge is 0.469 e. The van der Waals surface area contributed by atoms with Crippen LogP contribution in [-0.4, -0.2) is 13.1 Å².